The molecule has 0 heterocycles. The van der Waals surface area contributed by atoms with Gasteiger partial charge in [0.15, 0.2) is 0 Å². The molecule has 1 fully saturated rings. The Morgan fingerprint density at radius 2 is 1.91 bits per heavy atom. The number of benzene rings is 1. The monoisotopic (exact) mass is 295 g/mol. The Morgan fingerprint density at radius 1 is 1.05 bits per heavy atom. The van der Waals surface area contributed by atoms with Crippen molar-refractivity contribution in [2.45, 2.75) is 57.4 Å². The van der Waals surface area contributed by atoms with Gasteiger partial charge in [-0.25, -0.2) is 0 Å². The van der Waals surface area contributed by atoms with E-state index >= 15 is 0 Å². The highest BCUT2D eigenvalue weighted by molar-refractivity contribution is 5.83. The van der Waals surface area contributed by atoms with Gasteiger partial charge >= 0.3 is 0 Å². The van der Waals surface area contributed by atoms with Gasteiger partial charge in [0.25, 0.3) is 0 Å². The lowest BCUT2D eigenvalue weighted by Gasteiger charge is -2.44. The molecule has 1 saturated carbocycles. The molecule has 2 bridgehead atoms. The van der Waals surface area contributed by atoms with Crippen LogP contribution in [-0.2, 0) is 0 Å². The summed E-state index contributed by atoms with van der Waals surface area (Å²) < 4.78 is 0. The number of allylic oxidation sites excluding steroid dienone is 1. The lowest BCUT2D eigenvalue weighted by Crippen LogP contribution is -2.38. The minimum atomic E-state index is 0.338. The van der Waals surface area contributed by atoms with Crippen LogP contribution in [0.15, 0.2) is 40.4 Å². The quantitative estimate of drug-likeness (QED) is 0.612. The second-order valence-corrected chi connectivity index (χ2v) is 7.17. The third-order valence-corrected chi connectivity index (χ3v) is 5.89. The first-order chi connectivity index (χ1) is 10.8. The average Bonchev–Trinajstić information content (AvgIpc) is 2.54. The Morgan fingerprint density at radius 3 is 2.82 bits per heavy atom. The minimum Gasteiger partial charge on any atom is -0.507 e. The van der Waals surface area contributed by atoms with Crippen LogP contribution in [0.3, 0.4) is 0 Å². The third-order valence-electron chi connectivity index (χ3n) is 5.89. The van der Waals surface area contributed by atoms with Crippen LogP contribution in [0.1, 0.15) is 56.9 Å². The zero-order valence-electron chi connectivity index (χ0n) is 13.2. The number of hydrogen-bond acceptors (Lipinski definition) is 2. The van der Waals surface area contributed by atoms with Crippen LogP contribution >= 0.6 is 0 Å². The number of nitrogens with zero attached hydrogens (tertiary/aromatic N) is 1. The van der Waals surface area contributed by atoms with Gasteiger partial charge in [0, 0.05) is 17.7 Å². The molecule has 22 heavy (non-hydrogen) atoms. The van der Waals surface area contributed by atoms with Crippen LogP contribution in [0.5, 0.6) is 5.75 Å². The third kappa shape index (κ3) is 2.49. The molecule has 4 rings (SSSR count). The van der Waals surface area contributed by atoms with Gasteiger partial charge in [0.2, 0.25) is 0 Å². The Kier molecular flexibility index (Phi) is 3.77. The number of aromatic hydroxyl groups is 1. The number of rotatable bonds is 2. The van der Waals surface area contributed by atoms with E-state index in [1.165, 1.54) is 51.4 Å². The van der Waals surface area contributed by atoms with E-state index < -0.39 is 0 Å². The molecule has 1 aromatic carbocycles. The fraction of sp³-hybridized carbons (Fsp3) is 0.550. The van der Waals surface area contributed by atoms with E-state index in [-0.39, 0.29) is 0 Å². The lowest BCUT2D eigenvalue weighted by molar-refractivity contribution is 0.215. The minimum absolute atomic E-state index is 0.338. The molecule has 3 atom stereocenters. The average molecular weight is 295 g/mol. The maximum absolute atomic E-state index is 9.93. The fourth-order valence-corrected chi connectivity index (χ4v) is 4.85. The van der Waals surface area contributed by atoms with Gasteiger partial charge in [0.05, 0.1) is 6.04 Å². The van der Waals surface area contributed by atoms with Crippen LogP contribution in [0, 0.1) is 11.8 Å². The second kappa shape index (κ2) is 5.91. The van der Waals surface area contributed by atoms with E-state index in [4.69, 9.17) is 4.99 Å². The Bertz CT molecular complexity index is 616. The SMILES string of the molecule is Oc1ccccc1C=N[C@H]1[C@@H]2CCC[C@H]1C1=C(CCCC1)C2. The summed E-state index contributed by atoms with van der Waals surface area (Å²) in [5.74, 6) is 1.76. The first-order valence-electron chi connectivity index (χ1n) is 8.85. The molecule has 0 amide bonds. The van der Waals surface area contributed by atoms with Gasteiger partial charge in [-0.3, -0.25) is 4.99 Å². The summed E-state index contributed by atoms with van der Waals surface area (Å²) in [5, 5.41) is 9.93. The number of phenols is 1. The summed E-state index contributed by atoms with van der Waals surface area (Å²) >= 11 is 0. The van der Waals surface area contributed by atoms with Gasteiger partial charge in [-0.15, -0.1) is 0 Å². The summed E-state index contributed by atoms with van der Waals surface area (Å²) in [6, 6.07) is 7.96. The Balaban J connectivity index is 1.62. The number of fused-ring (bicyclic) bond motifs is 3. The molecule has 2 nitrogen and oxygen atoms in total. The van der Waals surface area contributed by atoms with E-state index in [2.05, 4.69) is 0 Å². The molecule has 0 unspecified atom stereocenters. The molecule has 0 radical (unpaired) electrons. The number of hydrogen-bond donors (Lipinski definition) is 1. The molecular weight excluding hydrogens is 270 g/mol. The summed E-state index contributed by atoms with van der Waals surface area (Å²) in [5.41, 5.74) is 4.40. The van der Waals surface area contributed by atoms with Crippen LogP contribution in [-0.4, -0.2) is 17.4 Å². The lowest BCUT2D eigenvalue weighted by atomic mass is 9.63. The highest BCUT2D eigenvalue weighted by Crippen LogP contribution is 2.49. The highest BCUT2D eigenvalue weighted by atomic mass is 16.3. The van der Waals surface area contributed by atoms with Gasteiger partial charge in [0.1, 0.15) is 5.75 Å². The van der Waals surface area contributed by atoms with Crippen LogP contribution in [0.25, 0.3) is 0 Å². The molecule has 1 N–H and O–H groups in total. The summed E-state index contributed by atoms with van der Waals surface area (Å²) in [7, 11) is 0. The standard InChI is InChI=1S/C20H25NO/c22-19-11-4-2-7-16(19)13-21-20-15-8-5-10-18(20)17-9-3-1-6-14(17)12-15/h2,4,7,11,13,15,18,20,22H,1,3,5-6,8-10,12H2/t15-,18+,20+/m1/s1. The first kappa shape index (κ1) is 14.0. The predicted octanol–water partition coefficient (Wildman–Crippen LogP) is 4.87. The normalized spacial score (nSPS) is 31.4. The highest BCUT2D eigenvalue weighted by Gasteiger charge is 2.40. The van der Waals surface area contributed by atoms with Gasteiger partial charge in [-0.2, -0.15) is 0 Å². The number of aliphatic imine (C=N–C) groups is 1. The maximum Gasteiger partial charge on any atom is 0.124 e. The maximum atomic E-state index is 9.93. The molecule has 0 saturated heterocycles. The second-order valence-electron chi connectivity index (χ2n) is 7.17. The first-order valence-corrected chi connectivity index (χ1v) is 8.85. The fourth-order valence-electron chi connectivity index (χ4n) is 4.85. The predicted molar refractivity (Wildman–Crippen MR) is 90.4 cm³/mol. The van der Waals surface area contributed by atoms with Crippen molar-refractivity contribution in [1.29, 1.82) is 0 Å². The zero-order valence-corrected chi connectivity index (χ0v) is 13.2. The van der Waals surface area contributed by atoms with Gasteiger partial charge < -0.3 is 5.11 Å². The van der Waals surface area contributed by atoms with Crippen LogP contribution in [0.4, 0.5) is 0 Å². The number of phenolic OH excluding ortho intramolecular Hbond substituents is 1. The molecule has 0 aliphatic heterocycles. The summed E-state index contributed by atoms with van der Waals surface area (Å²) in [6.45, 7) is 0. The molecule has 3 aliphatic carbocycles. The van der Waals surface area contributed by atoms with E-state index in [0.717, 1.165) is 11.5 Å². The van der Waals surface area contributed by atoms with Crippen molar-refractivity contribution in [1.82, 2.24) is 0 Å². The van der Waals surface area contributed by atoms with Crippen molar-refractivity contribution in [3.05, 3.63) is 41.0 Å². The molecule has 2 heteroatoms. The summed E-state index contributed by atoms with van der Waals surface area (Å²) in [6.07, 6.45) is 12.6. The van der Waals surface area contributed by atoms with E-state index in [0.29, 0.717) is 17.7 Å². The van der Waals surface area contributed by atoms with E-state index in [1.54, 1.807) is 17.2 Å². The zero-order chi connectivity index (χ0) is 14.9. The van der Waals surface area contributed by atoms with Crippen molar-refractivity contribution in [3.63, 3.8) is 0 Å². The van der Waals surface area contributed by atoms with Gasteiger partial charge in [-0.1, -0.05) is 29.7 Å². The molecular formula is C20H25NO. The molecule has 0 spiro atoms. The Hall–Kier alpha value is -1.57. The van der Waals surface area contributed by atoms with Crippen molar-refractivity contribution >= 4 is 6.21 Å². The van der Waals surface area contributed by atoms with E-state index in [1.807, 2.05) is 24.4 Å². The van der Waals surface area contributed by atoms with Crippen molar-refractivity contribution in [2.75, 3.05) is 0 Å². The van der Waals surface area contributed by atoms with Crippen molar-refractivity contribution in [3.8, 4) is 5.75 Å². The smallest absolute Gasteiger partial charge is 0.124 e. The molecule has 1 aromatic rings. The van der Waals surface area contributed by atoms with Crippen LogP contribution in [0.2, 0.25) is 0 Å². The molecule has 0 aromatic heterocycles. The largest absolute Gasteiger partial charge is 0.507 e. The Labute approximate surface area is 133 Å². The van der Waals surface area contributed by atoms with E-state index in [9.17, 15) is 5.11 Å². The van der Waals surface area contributed by atoms with Crippen molar-refractivity contribution in [2.24, 2.45) is 16.8 Å². The van der Waals surface area contributed by atoms with Crippen molar-refractivity contribution < 1.29 is 5.11 Å². The molecule has 116 valence electrons. The van der Waals surface area contributed by atoms with Gasteiger partial charge in [-0.05, 0) is 63.0 Å². The van der Waals surface area contributed by atoms with Crippen LogP contribution < -0.4 is 0 Å². The number of para-hydroxylation sites is 1. The topological polar surface area (TPSA) is 32.6 Å². The molecule has 3 aliphatic rings. The summed E-state index contributed by atoms with van der Waals surface area (Å²) in [4.78, 5) is 4.97.